The molecule has 264 valence electrons. The molecule has 0 N–H and O–H groups in total. The molecule has 0 aliphatic carbocycles. The average molecular weight is 743 g/mol. The Labute approximate surface area is 331 Å². The number of thiophene rings is 1. The number of rotatable bonds is 3. The average Bonchev–Trinajstić information content (AvgIpc) is 3.91. The van der Waals surface area contributed by atoms with Crippen LogP contribution in [0.1, 0.15) is 0 Å². The van der Waals surface area contributed by atoms with Crippen LogP contribution in [-0.4, -0.2) is 19.1 Å². The largest absolute Gasteiger partial charge is 0.308 e. The number of hydrogen-bond acceptors (Lipinski definition) is 3. The molecule has 12 aromatic rings. The smallest absolute Gasteiger partial charge is 0.162 e. The predicted molar refractivity (Wildman–Crippen MR) is 239 cm³/mol. The fraction of sp³-hybridized carbons (Fsp3) is 0. The van der Waals surface area contributed by atoms with Crippen LogP contribution in [0.2, 0.25) is 0 Å². The minimum atomic E-state index is 0.695. The minimum Gasteiger partial charge on any atom is -0.308 e. The second kappa shape index (κ2) is 11.6. The maximum absolute atomic E-state index is 5.46. The SMILES string of the molecule is c1ccc(-c2nc(-c3ccc4sc5ccccc5c4c3)cc(-n3c4ccccc4c4cc5c6c(c7ccccc7n6-c6ccccc6-c6ccccc6-5)c43)n2)cc1. The van der Waals surface area contributed by atoms with E-state index in [4.69, 9.17) is 9.97 Å². The summed E-state index contributed by atoms with van der Waals surface area (Å²) in [4.78, 5) is 10.8. The van der Waals surface area contributed by atoms with Crippen LogP contribution >= 0.6 is 11.3 Å². The summed E-state index contributed by atoms with van der Waals surface area (Å²) in [7, 11) is 0. The summed E-state index contributed by atoms with van der Waals surface area (Å²) >= 11 is 1.84. The molecular weight excluding hydrogens is 713 g/mol. The molecule has 0 saturated heterocycles. The van der Waals surface area contributed by atoms with Gasteiger partial charge in [0.2, 0.25) is 0 Å². The van der Waals surface area contributed by atoms with E-state index in [-0.39, 0.29) is 0 Å². The number of nitrogens with zero attached hydrogens (tertiary/aromatic N) is 4. The summed E-state index contributed by atoms with van der Waals surface area (Å²) in [5, 5.41) is 7.34. The van der Waals surface area contributed by atoms with E-state index in [2.05, 4.69) is 185 Å². The lowest BCUT2D eigenvalue weighted by molar-refractivity contribution is 1.05. The fourth-order valence-electron chi connectivity index (χ4n) is 9.45. The zero-order chi connectivity index (χ0) is 37.2. The maximum Gasteiger partial charge on any atom is 0.162 e. The summed E-state index contributed by atoms with van der Waals surface area (Å²) < 4.78 is 7.47. The van der Waals surface area contributed by atoms with E-state index in [9.17, 15) is 0 Å². The van der Waals surface area contributed by atoms with Gasteiger partial charge in [-0.15, -0.1) is 11.3 Å². The number of aromatic nitrogens is 4. The fourth-order valence-corrected chi connectivity index (χ4v) is 10.5. The van der Waals surface area contributed by atoms with Gasteiger partial charge < -0.3 is 4.57 Å². The van der Waals surface area contributed by atoms with Gasteiger partial charge in [-0.2, -0.15) is 0 Å². The van der Waals surface area contributed by atoms with Crippen LogP contribution in [-0.2, 0) is 0 Å². The van der Waals surface area contributed by atoms with Crippen LogP contribution in [0, 0.1) is 0 Å². The molecule has 8 aromatic carbocycles. The van der Waals surface area contributed by atoms with E-state index in [1.807, 2.05) is 17.4 Å². The van der Waals surface area contributed by atoms with Crippen molar-refractivity contribution in [3.8, 4) is 56.4 Å². The molecule has 0 saturated carbocycles. The van der Waals surface area contributed by atoms with Gasteiger partial charge in [-0.1, -0.05) is 133 Å². The lowest BCUT2D eigenvalue weighted by Crippen LogP contribution is -2.03. The Morgan fingerprint density at radius 1 is 0.386 bits per heavy atom. The highest BCUT2D eigenvalue weighted by molar-refractivity contribution is 7.25. The Balaban J connectivity index is 1.19. The summed E-state index contributed by atoms with van der Waals surface area (Å²) in [5.41, 5.74) is 13.7. The number of fused-ring (bicyclic) bond motifs is 15. The van der Waals surface area contributed by atoms with Crippen LogP contribution < -0.4 is 0 Å². The van der Waals surface area contributed by atoms with Crippen LogP contribution in [0.3, 0.4) is 0 Å². The second-order valence-corrected chi connectivity index (χ2v) is 16.0. The molecule has 0 amide bonds. The van der Waals surface area contributed by atoms with Gasteiger partial charge >= 0.3 is 0 Å². The Morgan fingerprint density at radius 3 is 1.88 bits per heavy atom. The summed E-state index contributed by atoms with van der Waals surface area (Å²) in [6.07, 6.45) is 0. The van der Waals surface area contributed by atoms with Gasteiger partial charge in [0.05, 0.1) is 33.4 Å². The van der Waals surface area contributed by atoms with Crippen molar-refractivity contribution in [1.82, 2.24) is 19.1 Å². The standard InChI is InChI=1S/C52H30N4S/c1-2-14-31(15-3-1)52-53-42(32-26-27-47-39(28-32)37-20-9-13-25-46(37)57-47)30-48(54-52)56-44-23-11-7-19-36(44)41-29-40-34-17-5-4-16-33(34)35-18-6-10-22-43(35)55-45-24-12-8-21-38(45)49(50(40)55)51(41)56/h1-30H. The number of hydrogen-bond donors (Lipinski definition) is 0. The molecule has 4 aromatic heterocycles. The molecule has 1 aliphatic heterocycles. The van der Waals surface area contributed by atoms with Crippen molar-refractivity contribution in [3.63, 3.8) is 0 Å². The lowest BCUT2D eigenvalue weighted by Gasteiger charge is -2.14. The third kappa shape index (κ3) is 4.32. The van der Waals surface area contributed by atoms with E-state index in [1.165, 1.54) is 80.7 Å². The molecule has 4 nitrogen and oxygen atoms in total. The van der Waals surface area contributed by atoms with Gasteiger partial charge in [-0.25, -0.2) is 9.97 Å². The van der Waals surface area contributed by atoms with E-state index < -0.39 is 0 Å². The van der Waals surface area contributed by atoms with Crippen LogP contribution in [0.4, 0.5) is 0 Å². The molecule has 0 spiro atoms. The quantitative estimate of drug-likeness (QED) is 0.181. The third-order valence-corrected chi connectivity index (χ3v) is 13.0. The zero-order valence-corrected chi connectivity index (χ0v) is 31.3. The highest BCUT2D eigenvalue weighted by Crippen LogP contribution is 2.51. The lowest BCUT2D eigenvalue weighted by atomic mass is 9.92. The Hall–Kier alpha value is -7.34. The first-order valence-corrected chi connectivity index (χ1v) is 20.2. The third-order valence-electron chi connectivity index (χ3n) is 11.9. The van der Waals surface area contributed by atoms with Gasteiger partial charge in [-0.3, -0.25) is 4.57 Å². The van der Waals surface area contributed by atoms with E-state index in [0.717, 1.165) is 33.7 Å². The maximum atomic E-state index is 5.46. The molecule has 57 heavy (non-hydrogen) atoms. The second-order valence-electron chi connectivity index (χ2n) is 14.9. The highest BCUT2D eigenvalue weighted by atomic mass is 32.1. The van der Waals surface area contributed by atoms with Crippen molar-refractivity contribution in [1.29, 1.82) is 0 Å². The van der Waals surface area contributed by atoms with E-state index in [0.29, 0.717) is 5.82 Å². The van der Waals surface area contributed by atoms with Crippen molar-refractivity contribution < 1.29 is 0 Å². The van der Waals surface area contributed by atoms with Gasteiger partial charge in [0, 0.05) is 70.0 Å². The van der Waals surface area contributed by atoms with Crippen molar-refractivity contribution in [2.45, 2.75) is 0 Å². The minimum absolute atomic E-state index is 0.695. The van der Waals surface area contributed by atoms with Crippen molar-refractivity contribution in [2.75, 3.05) is 0 Å². The van der Waals surface area contributed by atoms with E-state index in [1.54, 1.807) is 0 Å². The zero-order valence-electron chi connectivity index (χ0n) is 30.5. The normalized spacial score (nSPS) is 12.2. The predicted octanol–water partition coefficient (Wildman–Crippen LogP) is 14.0. The topological polar surface area (TPSA) is 35.6 Å². The monoisotopic (exact) mass is 742 g/mol. The van der Waals surface area contributed by atoms with Crippen LogP contribution in [0.5, 0.6) is 0 Å². The molecule has 0 atom stereocenters. The molecule has 5 heteroatoms. The first-order valence-electron chi connectivity index (χ1n) is 19.3. The molecule has 13 rings (SSSR count). The summed E-state index contributed by atoms with van der Waals surface area (Å²) in [5.74, 6) is 1.53. The van der Waals surface area contributed by atoms with Crippen molar-refractivity contribution in [3.05, 3.63) is 182 Å². The van der Waals surface area contributed by atoms with Crippen LogP contribution in [0.25, 0.3) is 120 Å². The van der Waals surface area contributed by atoms with E-state index >= 15 is 0 Å². The Kier molecular flexibility index (Phi) is 6.29. The Morgan fingerprint density at radius 2 is 1.04 bits per heavy atom. The summed E-state index contributed by atoms with van der Waals surface area (Å²) in [6.45, 7) is 0. The summed E-state index contributed by atoms with van der Waals surface area (Å²) in [6, 6.07) is 65.9. The molecule has 0 fully saturated rings. The molecule has 1 aliphatic rings. The molecule has 0 unspecified atom stereocenters. The first-order chi connectivity index (χ1) is 28.3. The van der Waals surface area contributed by atoms with Crippen molar-refractivity contribution >= 4 is 75.1 Å². The van der Waals surface area contributed by atoms with Gasteiger partial charge in [0.15, 0.2) is 5.82 Å². The Bertz CT molecular complexity index is 3640. The van der Waals surface area contributed by atoms with Gasteiger partial charge in [-0.05, 0) is 53.6 Å². The number of para-hydroxylation sites is 3. The molecular formula is C52H30N4S. The van der Waals surface area contributed by atoms with Crippen molar-refractivity contribution in [2.24, 2.45) is 0 Å². The first kappa shape index (κ1) is 30.9. The van der Waals surface area contributed by atoms with Crippen LogP contribution in [0.15, 0.2) is 182 Å². The van der Waals surface area contributed by atoms with Gasteiger partial charge in [0.1, 0.15) is 5.82 Å². The molecule has 0 bridgehead atoms. The number of benzene rings is 8. The molecule has 0 radical (unpaired) electrons. The van der Waals surface area contributed by atoms with Gasteiger partial charge in [0.25, 0.3) is 0 Å². The highest BCUT2D eigenvalue weighted by Gasteiger charge is 2.29. The molecule has 5 heterocycles.